The van der Waals surface area contributed by atoms with Gasteiger partial charge in [0.15, 0.2) is 8.32 Å². The number of hydrogen-bond donors (Lipinski definition) is 2. The largest absolute Gasteiger partial charge is 0.414 e. The molecule has 0 amide bonds. The van der Waals surface area contributed by atoms with Crippen LogP contribution >= 0.6 is 0 Å². The number of benzene rings is 2. The summed E-state index contributed by atoms with van der Waals surface area (Å²) in [5, 5.41) is 14.1. The standard InChI is InChI=1S/C24H37NO2Si/c1-24(2,3)28(4,5)27-23(17-16-20-12-8-6-9-13-20)18-22(26)19-25-21-14-10-7-11-15-21/h6-15,22-23,25-26H,16-19H2,1-5H3. The lowest BCUT2D eigenvalue weighted by atomic mass is 10.0. The van der Waals surface area contributed by atoms with Gasteiger partial charge in [-0.25, -0.2) is 0 Å². The summed E-state index contributed by atoms with van der Waals surface area (Å²) in [6, 6.07) is 20.6. The molecule has 0 bridgehead atoms. The molecule has 2 aromatic carbocycles. The molecule has 3 nitrogen and oxygen atoms in total. The van der Waals surface area contributed by atoms with Gasteiger partial charge in [-0.05, 0) is 55.1 Å². The van der Waals surface area contributed by atoms with E-state index in [1.807, 2.05) is 36.4 Å². The maximum absolute atomic E-state index is 10.7. The van der Waals surface area contributed by atoms with Crippen molar-refractivity contribution >= 4 is 14.0 Å². The van der Waals surface area contributed by atoms with Crippen LogP contribution in [0.15, 0.2) is 60.7 Å². The summed E-state index contributed by atoms with van der Waals surface area (Å²) in [5.41, 5.74) is 2.36. The molecule has 0 heterocycles. The first kappa shape index (κ1) is 22.7. The molecule has 0 spiro atoms. The normalized spacial score (nSPS) is 14.5. The maximum atomic E-state index is 10.7. The predicted molar refractivity (Wildman–Crippen MR) is 122 cm³/mol. The van der Waals surface area contributed by atoms with Gasteiger partial charge in [0.25, 0.3) is 0 Å². The molecule has 2 rings (SSSR count). The lowest BCUT2D eigenvalue weighted by Gasteiger charge is -2.40. The summed E-state index contributed by atoms with van der Waals surface area (Å²) in [6.07, 6.45) is 2.18. The van der Waals surface area contributed by atoms with Crippen LogP contribution in [-0.2, 0) is 10.8 Å². The zero-order valence-corrected chi connectivity index (χ0v) is 19.1. The number of aliphatic hydroxyl groups excluding tert-OH is 1. The molecule has 4 heteroatoms. The van der Waals surface area contributed by atoms with Gasteiger partial charge in [-0.2, -0.15) is 0 Å². The summed E-state index contributed by atoms with van der Waals surface area (Å²) in [5.74, 6) is 0. The lowest BCUT2D eigenvalue weighted by molar-refractivity contribution is 0.0883. The first-order valence-corrected chi connectivity index (χ1v) is 13.3. The van der Waals surface area contributed by atoms with Gasteiger partial charge in [0, 0.05) is 18.3 Å². The Kier molecular flexibility index (Phi) is 8.29. The van der Waals surface area contributed by atoms with Crippen molar-refractivity contribution in [3.05, 3.63) is 66.2 Å². The first-order chi connectivity index (χ1) is 13.2. The maximum Gasteiger partial charge on any atom is 0.192 e. The van der Waals surface area contributed by atoms with Crippen LogP contribution in [-0.4, -0.2) is 32.2 Å². The molecule has 2 unspecified atom stereocenters. The van der Waals surface area contributed by atoms with Crippen molar-refractivity contribution in [2.24, 2.45) is 0 Å². The molecule has 2 N–H and O–H groups in total. The van der Waals surface area contributed by atoms with E-state index in [4.69, 9.17) is 4.43 Å². The number of nitrogens with one attached hydrogen (secondary N) is 1. The van der Waals surface area contributed by atoms with Crippen molar-refractivity contribution in [1.82, 2.24) is 0 Å². The highest BCUT2D eigenvalue weighted by atomic mass is 28.4. The first-order valence-electron chi connectivity index (χ1n) is 10.4. The van der Waals surface area contributed by atoms with Gasteiger partial charge in [0.1, 0.15) is 0 Å². The predicted octanol–water partition coefficient (Wildman–Crippen LogP) is 5.87. The van der Waals surface area contributed by atoms with Gasteiger partial charge in [-0.3, -0.25) is 0 Å². The third kappa shape index (κ3) is 7.42. The third-order valence-corrected chi connectivity index (χ3v) is 10.3. The lowest BCUT2D eigenvalue weighted by Crippen LogP contribution is -2.45. The second-order valence-corrected chi connectivity index (χ2v) is 13.9. The SMILES string of the molecule is CC(C)(C)[Si](C)(C)OC(CCc1ccccc1)CC(O)CNc1ccccc1. The van der Waals surface area contributed by atoms with Crippen LogP contribution in [0.1, 0.15) is 39.2 Å². The van der Waals surface area contributed by atoms with E-state index in [1.165, 1.54) is 5.56 Å². The van der Waals surface area contributed by atoms with E-state index in [2.05, 4.69) is 63.4 Å². The average Bonchev–Trinajstić information content (AvgIpc) is 2.65. The Morgan fingerprint density at radius 3 is 2.11 bits per heavy atom. The van der Waals surface area contributed by atoms with Gasteiger partial charge in [0.05, 0.1) is 6.10 Å². The van der Waals surface area contributed by atoms with Crippen molar-refractivity contribution < 1.29 is 9.53 Å². The number of aryl methyl sites for hydroxylation is 1. The number of hydrogen-bond acceptors (Lipinski definition) is 3. The molecule has 0 radical (unpaired) electrons. The molecule has 0 aliphatic carbocycles. The van der Waals surface area contributed by atoms with Gasteiger partial charge in [-0.15, -0.1) is 0 Å². The molecule has 0 aliphatic heterocycles. The van der Waals surface area contributed by atoms with Crippen molar-refractivity contribution in [3.8, 4) is 0 Å². The molecule has 0 saturated heterocycles. The Hall–Kier alpha value is -1.62. The zero-order valence-electron chi connectivity index (χ0n) is 18.1. The minimum absolute atomic E-state index is 0.0636. The van der Waals surface area contributed by atoms with Gasteiger partial charge < -0.3 is 14.8 Å². The van der Waals surface area contributed by atoms with Crippen molar-refractivity contribution in [2.45, 2.75) is 70.4 Å². The Morgan fingerprint density at radius 1 is 0.964 bits per heavy atom. The molecule has 28 heavy (non-hydrogen) atoms. The Bertz CT molecular complexity index is 683. The molecule has 154 valence electrons. The fraction of sp³-hybridized carbons (Fsp3) is 0.500. The molecule has 0 fully saturated rings. The van der Waals surface area contributed by atoms with Crippen LogP contribution in [0.2, 0.25) is 18.1 Å². The number of rotatable bonds is 10. The van der Waals surface area contributed by atoms with Crippen LogP contribution in [0, 0.1) is 0 Å². The van der Waals surface area contributed by atoms with Gasteiger partial charge in [0.2, 0.25) is 0 Å². The summed E-state index contributed by atoms with van der Waals surface area (Å²) in [7, 11) is -1.89. The van der Waals surface area contributed by atoms with E-state index in [0.29, 0.717) is 13.0 Å². The molecule has 0 aliphatic rings. The Balaban J connectivity index is 1.97. The quantitative estimate of drug-likeness (QED) is 0.491. The third-order valence-electron chi connectivity index (χ3n) is 5.72. The highest BCUT2D eigenvalue weighted by Crippen LogP contribution is 2.38. The van der Waals surface area contributed by atoms with E-state index in [-0.39, 0.29) is 11.1 Å². The highest BCUT2D eigenvalue weighted by Gasteiger charge is 2.39. The van der Waals surface area contributed by atoms with E-state index in [0.717, 1.165) is 18.5 Å². The Morgan fingerprint density at radius 2 is 1.54 bits per heavy atom. The van der Waals surface area contributed by atoms with E-state index < -0.39 is 14.4 Å². The summed E-state index contributed by atoms with van der Waals surface area (Å²) < 4.78 is 6.70. The van der Waals surface area contributed by atoms with Crippen LogP contribution in [0.3, 0.4) is 0 Å². The number of anilines is 1. The average molecular weight is 400 g/mol. The zero-order chi connectivity index (χ0) is 20.6. The van der Waals surface area contributed by atoms with E-state index in [9.17, 15) is 5.11 Å². The van der Waals surface area contributed by atoms with Crippen LogP contribution in [0.5, 0.6) is 0 Å². The fourth-order valence-corrected chi connectivity index (χ4v) is 4.37. The number of para-hydroxylation sites is 1. The van der Waals surface area contributed by atoms with Gasteiger partial charge >= 0.3 is 0 Å². The summed E-state index contributed by atoms with van der Waals surface area (Å²) in [6.45, 7) is 11.9. The minimum atomic E-state index is -1.89. The Labute approximate surface area is 172 Å². The van der Waals surface area contributed by atoms with Gasteiger partial charge in [-0.1, -0.05) is 69.3 Å². The molecule has 0 aromatic heterocycles. The van der Waals surface area contributed by atoms with Crippen molar-refractivity contribution in [1.29, 1.82) is 0 Å². The van der Waals surface area contributed by atoms with Crippen molar-refractivity contribution in [2.75, 3.05) is 11.9 Å². The van der Waals surface area contributed by atoms with E-state index in [1.54, 1.807) is 0 Å². The fourth-order valence-electron chi connectivity index (χ4n) is 2.97. The van der Waals surface area contributed by atoms with Crippen LogP contribution < -0.4 is 5.32 Å². The summed E-state index contributed by atoms with van der Waals surface area (Å²) >= 11 is 0. The van der Waals surface area contributed by atoms with Crippen LogP contribution in [0.25, 0.3) is 0 Å². The second-order valence-electron chi connectivity index (χ2n) is 9.16. The molecule has 0 saturated carbocycles. The summed E-state index contributed by atoms with van der Waals surface area (Å²) in [4.78, 5) is 0. The van der Waals surface area contributed by atoms with Crippen LogP contribution in [0.4, 0.5) is 5.69 Å². The van der Waals surface area contributed by atoms with E-state index >= 15 is 0 Å². The smallest absolute Gasteiger partial charge is 0.192 e. The topological polar surface area (TPSA) is 41.5 Å². The minimum Gasteiger partial charge on any atom is -0.414 e. The number of aliphatic hydroxyl groups is 1. The molecular formula is C24H37NO2Si. The monoisotopic (exact) mass is 399 g/mol. The highest BCUT2D eigenvalue weighted by molar-refractivity contribution is 6.74. The molecule has 2 atom stereocenters. The molecule has 2 aromatic rings. The van der Waals surface area contributed by atoms with Crippen molar-refractivity contribution in [3.63, 3.8) is 0 Å². The molecular weight excluding hydrogens is 362 g/mol. The second kappa shape index (κ2) is 10.2.